The van der Waals surface area contributed by atoms with Crippen LogP contribution in [0.25, 0.3) is 0 Å². The number of hydrogen-bond donors (Lipinski definition) is 3. The molecule has 3 rings (SSSR count). The highest BCUT2D eigenvalue weighted by atomic mass is 79.9. The van der Waals surface area contributed by atoms with Crippen LogP contribution in [-0.2, 0) is 4.79 Å². The number of fused-ring (bicyclic) bond motifs is 1. The van der Waals surface area contributed by atoms with Gasteiger partial charge in [-0.3, -0.25) is 4.79 Å². The Morgan fingerprint density at radius 1 is 1.55 bits per heavy atom. The maximum Gasteiger partial charge on any atom is 0.246 e. The van der Waals surface area contributed by atoms with Crippen molar-refractivity contribution in [3.63, 3.8) is 0 Å². The molecule has 6 heteroatoms. The normalized spacial score (nSPS) is 24.9. The molecule has 1 saturated heterocycles. The molecular weight excluding hydrogens is 322 g/mol. The van der Waals surface area contributed by atoms with E-state index in [9.17, 15) is 9.90 Å². The highest BCUT2D eigenvalue weighted by Crippen LogP contribution is 2.40. The fourth-order valence-electron chi connectivity index (χ4n) is 3.00. The summed E-state index contributed by atoms with van der Waals surface area (Å²) in [6, 6.07) is 3.75. The van der Waals surface area contributed by atoms with Gasteiger partial charge in [0.15, 0.2) is 0 Å². The number of nitrogens with zero attached hydrogens (tertiary/aromatic N) is 1. The first-order valence-corrected chi connectivity index (χ1v) is 7.60. The van der Waals surface area contributed by atoms with Crippen molar-refractivity contribution in [1.29, 1.82) is 0 Å². The number of rotatable bonds is 3. The Kier molecular flexibility index (Phi) is 3.70. The van der Waals surface area contributed by atoms with E-state index in [0.29, 0.717) is 5.92 Å². The van der Waals surface area contributed by atoms with Crippen molar-refractivity contribution in [3.8, 4) is 0 Å². The molecule has 2 atom stereocenters. The number of halogens is 1. The smallest absolute Gasteiger partial charge is 0.246 e. The fourth-order valence-corrected chi connectivity index (χ4v) is 3.61. The van der Waals surface area contributed by atoms with Crippen LogP contribution < -0.4 is 15.5 Å². The zero-order valence-electron chi connectivity index (χ0n) is 11.3. The number of carbonyl (C=O) groups is 1. The average Bonchev–Trinajstić information content (AvgIpc) is 3.01. The van der Waals surface area contributed by atoms with Gasteiger partial charge in [-0.05, 0) is 41.5 Å². The summed E-state index contributed by atoms with van der Waals surface area (Å²) in [4.78, 5) is 14.1. The molecule has 1 fully saturated rings. The first-order chi connectivity index (χ1) is 9.63. The number of aliphatic hydroxyl groups excluding tert-OH is 1. The molecule has 2 aliphatic rings. The van der Waals surface area contributed by atoms with Gasteiger partial charge >= 0.3 is 0 Å². The number of likely N-dealkylation sites (N-methyl/N-ethyl adjacent to an activating group) is 1. The zero-order valence-corrected chi connectivity index (χ0v) is 12.9. The van der Waals surface area contributed by atoms with E-state index in [1.807, 2.05) is 12.1 Å². The lowest BCUT2D eigenvalue weighted by Gasteiger charge is -2.21. The molecule has 20 heavy (non-hydrogen) atoms. The van der Waals surface area contributed by atoms with E-state index in [1.54, 1.807) is 7.05 Å². The molecule has 3 N–H and O–H groups in total. The quantitative estimate of drug-likeness (QED) is 0.780. The minimum atomic E-state index is -0.279. The third-order valence-corrected chi connectivity index (χ3v) is 4.76. The molecule has 1 aromatic carbocycles. The van der Waals surface area contributed by atoms with E-state index in [2.05, 4.69) is 31.5 Å². The minimum Gasteiger partial charge on any atom is -0.396 e. The Morgan fingerprint density at radius 3 is 3.00 bits per heavy atom. The average molecular weight is 340 g/mol. The van der Waals surface area contributed by atoms with Crippen LogP contribution in [0, 0.1) is 5.92 Å². The lowest BCUT2D eigenvalue weighted by molar-refractivity contribution is -0.117. The Balaban J connectivity index is 1.92. The number of anilines is 2. The number of hydrogen-bond acceptors (Lipinski definition) is 4. The van der Waals surface area contributed by atoms with Crippen molar-refractivity contribution >= 4 is 33.2 Å². The highest BCUT2D eigenvalue weighted by Gasteiger charge is 2.31. The second kappa shape index (κ2) is 5.35. The van der Waals surface area contributed by atoms with Crippen LogP contribution in [0.3, 0.4) is 0 Å². The van der Waals surface area contributed by atoms with E-state index in [1.165, 1.54) is 0 Å². The highest BCUT2D eigenvalue weighted by molar-refractivity contribution is 9.10. The lowest BCUT2D eigenvalue weighted by Crippen LogP contribution is -2.23. The van der Waals surface area contributed by atoms with Crippen LogP contribution in [0.5, 0.6) is 0 Å². The first kappa shape index (κ1) is 13.9. The number of nitrogens with one attached hydrogen (secondary N) is 2. The molecule has 2 unspecified atom stereocenters. The minimum absolute atomic E-state index is 0.0128. The molecular formula is C14H18BrN3O2. The molecule has 108 valence electrons. The molecule has 0 aromatic heterocycles. The summed E-state index contributed by atoms with van der Waals surface area (Å²) >= 11 is 3.61. The van der Waals surface area contributed by atoms with Crippen LogP contribution in [0.15, 0.2) is 16.6 Å². The van der Waals surface area contributed by atoms with Gasteiger partial charge in [-0.2, -0.15) is 0 Å². The number of carbonyl (C=O) groups excluding carboxylic acids is 1. The summed E-state index contributed by atoms with van der Waals surface area (Å²) in [5, 5.41) is 15.2. The van der Waals surface area contributed by atoms with Crippen molar-refractivity contribution in [2.45, 2.75) is 12.5 Å². The third-order valence-electron chi connectivity index (χ3n) is 4.12. The molecule has 2 aliphatic heterocycles. The predicted octanol–water partition coefficient (Wildman–Crippen LogP) is 1.48. The number of aliphatic hydroxyl groups is 1. The van der Waals surface area contributed by atoms with Gasteiger partial charge in [0.05, 0.1) is 5.69 Å². The second-order valence-electron chi connectivity index (χ2n) is 5.39. The number of benzene rings is 1. The third kappa shape index (κ3) is 2.21. The van der Waals surface area contributed by atoms with Crippen molar-refractivity contribution < 1.29 is 9.90 Å². The lowest BCUT2D eigenvalue weighted by atomic mass is 10.1. The van der Waals surface area contributed by atoms with Gasteiger partial charge in [-0.25, -0.2) is 0 Å². The van der Waals surface area contributed by atoms with E-state index >= 15 is 0 Å². The summed E-state index contributed by atoms with van der Waals surface area (Å²) in [7, 11) is 1.79. The predicted molar refractivity (Wildman–Crippen MR) is 82.0 cm³/mol. The molecule has 0 spiro atoms. The molecule has 0 saturated carbocycles. The van der Waals surface area contributed by atoms with Crippen LogP contribution >= 0.6 is 15.9 Å². The molecule has 0 radical (unpaired) electrons. The van der Waals surface area contributed by atoms with Gasteiger partial charge < -0.3 is 20.6 Å². The Labute approximate surface area is 126 Å². The molecule has 2 heterocycles. The van der Waals surface area contributed by atoms with Crippen molar-refractivity contribution in [2.75, 3.05) is 37.0 Å². The summed E-state index contributed by atoms with van der Waals surface area (Å²) in [5.41, 5.74) is 2.93. The molecule has 5 nitrogen and oxygen atoms in total. The van der Waals surface area contributed by atoms with E-state index < -0.39 is 0 Å². The van der Waals surface area contributed by atoms with Gasteiger partial charge in [-0.15, -0.1) is 0 Å². The topological polar surface area (TPSA) is 64.6 Å². The Hall–Kier alpha value is -1.11. The van der Waals surface area contributed by atoms with Crippen molar-refractivity contribution in [1.82, 2.24) is 5.32 Å². The molecule has 1 aromatic rings. The van der Waals surface area contributed by atoms with Gasteiger partial charge in [0.25, 0.3) is 0 Å². The van der Waals surface area contributed by atoms with Gasteiger partial charge in [-0.1, -0.05) is 0 Å². The van der Waals surface area contributed by atoms with Crippen molar-refractivity contribution in [3.05, 3.63) is 22.2 Å². The van der Waals surface area contributed by atoms with E-state index in [0.717, 1.165) is 40.9 Å². The van der Waals surface area contributed by atoms with Crippen molar-refractivity contribution in [2.24, 2.45) is 5.92 Å². The second-order valence-corrected chi connectivity index (χ2v) is 6.24. The summed E-state index contributed by atoms with van der Waals surface area (Å²) in [6.45, 7) is 2.03. The summed E-state index contributed by atoms with van der Waals surface area (Å²) < 4.78 is 0.992. The van der Waals surface area contributed by atoms with Crippen LogP contribution in [-0.4, -0.2) is 37.8 Å². The molecule has 0 aliphatic carbocycles. The SMILES string of the molecule is CNC1C(=O)Nc2cc(N3CCC(CO)C3)c(Br)cc21. The van der Waals surface area contributed by atoms with E-state index in [4.69, 9.17) is 0 Å². The number of amides is 1. The monoisotopic (exact) mass is 339 g/mol. The van der Waals surface area contributed by atoms with Crippen LogP contribution in [0.1, 0.15) is 18.0 Å². The van der Waals surface area contributed by atoms with E-state index in [-0.39, 0.29) is 18.6 Å². The fraction of sp³-hybridized carbons (Fsp3) is 0.500. The summed E-state index contributed by atoms with van der Waals surface area (Å²) in [6.07, 6.45) is 1.01. The zero-order chi connectivity index (χ0) is 14.3. The standard InChI is InChI=1S/C14H18BrN3O2/c1-16-13-9-4-10(15)12(5-11(9)17-14(13)20)18-3-2-8(6-18)7-19/h4-5,8,13,16,19H,2-3,6-7H2,1H3,(H,17,20). The molecule has 1 amide bonds. The van der Waals surface area contributed by atoms with Gasteiger partial charge in [0.1, 0.15) is 6.04 Å². The molecule has 0 bridgehead atoms. The van der Waals surface area contributed by atoms with Crippen LogP contribution in [0.4, 0.5) is 11.4 Å². The Morgan fingerprint density at radius 2 is 2.35 bits per heavy atom. The first-order valence-electron chi connectivity index (χ1n) is 6.81. The van der Waals surface area contributed by atoms with Gasteiger partial charge in [0, 0.05) is 41.3 Å². The maximum atomic E-state index is 11.9. The van der Waals surface area contributed by atoms with Crippen LogP contribution in [0.2, 0.25) is 0 Å². The maximum absolute atomic E-state index is 11.9. The van der Waals surface area contributed by atoms with Gasteiger partial charge in [0.2, 0.25) is 5.91 Å². The summed E-state index contributed by atoms with van der Waals surface area (Å²) in [5.74, 6) is 0.330. The Bertz CT molecular complexity index is 549. The largest absolute Gasteiger partial charge is 0.396 e.